The molecular weight excluding hydrogens is 373 g/mol. The molecule has 0 saturated carbocycles. The Hall–Kier alpha value is -0.743. The molecule has 2 rings (SSSR count). The van der Waals surface area contributed by atoms with Gasteiger partial charge in [0.05, 0.1) is 0 Å². The molecule has 0 aliphatic carbocycles. The van der Waals surface area contributed by atoms with Gasteiger partial charge in [0.1, 0.15) is 27.8 Å². The molecule has 0 saturated heterocycles. The van der Waals surface area contributed by atoms with E-state index in [1.807, 2.05) is 0 Å². The predicted octanol–water partition coefficient (Wildman–Crippen LogP) is 2.33. The van der Waals surface area contributed by atoms with Gasteiger partial charge in [-0.25, -0.2) is 14.6 Å². The summed E-state index contributed by atoms with van der Waals surface area (Å²) in [7, 11) is -1.06. The number of hydrogen-bond donors (Lipinski definition) is 1. The molecule has 8 heteroatoms. The fraction of sp³-hybridized carbons (Fsp3) is 0.545. The summed E-state index contributed by atoms with van der Waals surface area (Å²) in [5.74, 6) is 0.439. The molecule has 0 bridgehead atoms. The van der Waals surface area contributed by atoms with Crippen molar-refractivity contribution in [2.75, 3.05) is 12.3 Å². The standard InChI is InChI=1S/C11H18IN5OSi/c1-19(2,3)5-4-18-7-17-9-8(10(12)16-17)14-6-15-11(9)13/h6H,4-5,7H2,1-3H3,(H2,13,14,15). The van der Waals surface area contributed by atoms with Crippen LogP contribution in [0.1, 0.15) is 0 Å². The second-order valence-corrected chi connectivity index (χ2v) is 12.2. The van der Waals surface area contributed by atoms with Crippen molar-refractivity contribution < 1.29 is 4.74 Å². The zero-order valence-corrected chi connectivity index (χ0v) is 14.5. The highest BCUT2D eigenvalue weighted by Crippen LogP contribution is 2.21. The molecule has 2 N–H and O–H groups in total. The van der Waals surface area contributed by atoms with Crippen LogP contribution in [0, 0.1) is 3.70 Å². The Morgan fingerprint density at radius 1 is 1.37 bits per heavy atom. The first kappa shape index (κ1) is 14.7. The molecule has 2 aromatic rings. The molecule has 0 aromatic carbocycles. The fourth-order valence-corrected chi connectivity index (χ4v) is 3.04. The zero-order chi connectivity index (χ0) is 14.0. The van der Waals surface area contributed by atoms with Gasteiger partial charge >= 0.3 is 0 Å². The molecule has 0 aliphatic heterocycles. The van der Waals surface area contributed by atoms with Gasteiger partial charge in [0, 0.05) is 14.7 Å². The summed E-state index contributed by atoms with van der Waals surface area (Å²) in [4.78, 5) is 8.20. The van der Waals surface area contributed by atoms with Crippen LogP contribution in [0.4, 0.5) is 5.82 Å². The summed E-state index contributed by atoms with van der Waals surface area (Å²) in [6.45, 7) is 8.13. The second-order valence-electron chi connectivity index (χ2n) is 5.59. The van der Waals surface area contributed by atoms with Gasteiger partial charge < -0.3 is 10.5 Å². The Morgan fingerprint density at radius 2 is 2.11 bits per heavy atom. The summed E-state index contributed by atoms with van der Waals surface area (Å²) >= 11 is 2.14. The summed E-state index contributed by atoms with van der Waals surface area (Å²) < 4.78 is 8.24. The number of hydrogen-bond acceptors (Lipinski definition) is 5. The third-order valence-electron chi connectivity index (χ3n) is 2.72. The first-order valence-electron chi connectivity index (χ1n) is 6.09. The Kier molecular flexibility index (Phi) is 4.41. The number of halogens is 1. The van der Waals surface area contributed by atoms with Crippen LogP contribution in [0.3, 0.4) is 0 Å². The molecule has 0 radical (unpaired) electrons. The maximum Gasteiger partial charge on any atom is 0.153 e. The zero-order valence-electron chi connectivity index (χ0n) is 11.4. The van der Waals surface area contributed by atoms with Gasteiger partial charge in [-0.1, -0.05) is 19.6 Å². The number of nitrogens with zero attached hydrogens (tertiary/aromatic N) is 4. The molecule has 0 aliphatic rings. The van der Waals surface area contributed by atoms with Crippen LogP contribution in [0.2, 0.25) is 25.7 Å². The van der Waals surface area contributed by atoms with E-state index >= 15 is 0 Å². The van der Waals surface area contributed by atoms with Crippen LogP contribution >= 0.6 is 22.6 Å². The van der Waals surface area contributed by atoms with Gasteiger partial charge in [0.15, 0.2) is 5.82 Å². The van der Waals surface area contributed by atoms with E-state index in [9.17, 15) is 0 Å². The third-order valence-corrected chi connectivity index (χ3v) is 5.15. The molecule has 0 amide bonds. The minimum atomic E-state index is -1.06. The normalized spacial score (nSPS) is 12.2. The third kappa shape index (κ3) is 3.63. The molecule has 0 unspecified atom stereocenters. The molecule has 104 valence electrons. The SMILES string of the molecule is C[Si](C)(C)CCOCn1nc(I)c2ncnc(N)c21. The van der Waals surface area contributed by atoms with Gasteiger partial charge in [-0.15, -0.1) is 0 Å². The van der Waals surface area contributed by atoms with Crippen molar-refractivity contribution in [2.24, 2.45) is 0 Å². The number of fused-ring (bicyclic) bond motifs is 1. The second kappa shape index (κ2) is 5.71. The molecule has 0 fully saturated rings. The predicted molar refractivity (Wildman–Crippen MR) is 86.6 cm³/mol. The molecule has 0 atom stereocenters. The average Bonchev–Trinajstić information content (AvgIpc) is 2.62. The van der Waals surface area contributed by atoms with Gasteiger partial charge in [-0.3, -0.25) is 0 Å². The van der Waals surface area contributed by atoms with E-state index in [0.29, 0.717) is 12.5 Å². The summed E-state index contributed by atoms with van der Waals surface area (Å²) in [6, 6.07) is 1.13. The van der Waals surface area contributed by atoms with E-state index in [2.05, 4.69) is 57.3 Å². The van der Waals surface area contributed by atoms with Crippen LogP contribution in [-0.4, -0.2) is 34.4 Å². The number of aromatic nitrogens is 4. The van der Waals surface area contributed by atoms with E-state index in [-0.39, 0.29) is 0 Å². The number of rotatable bonds is 5. The van der Waals surface area contributed by atoms with Crippen molar-refractivity contribution in [1.29, 1.82) is 0 Å². The summed E-state index contributed by atoms with van der Waals surface area (Å²) in [5.41, 5.74) is 7.41. The number of nitrogen functional groups attached to an aromatic ring is 1. The number of anilines is 1. The van der Waals surface area contributed by atoms with E-state index in [1.165, 1.54) is 6.33 Å². The van der Waals surface area contributed by atoms with E-state index in [1.54, 1.807) is 4.68 Å². The summed E-state index contributed by atoms with van der Waals surface area (Å²) in [5, 5.41) is 4.39. The topological polar surface area (TPSA) is 78.8 Å². The number of nitrogens with two attached hydrogens (primary N) is 1. The first-order valence-corrected chi connectivity index (χ1v) is 10.9. The first-order chi connectivity index (χ1) is 8.88. The van der Waals surface area contributed by atoms with Crippen LogP contribution < -0.4 is 5.73 Å². The van der Waals surface area contributed by atoms with Gasteiger partial charge in [0.2, 0.25) is 0 Å². The van der Waals surface area contributed by atoms with Crippen molar-refractivity contribution in [2.45, 2.75) is 32.4 Å². The lowest BCUT2D eigenvalue weighted by Gasteiger charge is -2.15. The Labute approximate surface area is 126 Å². The smallest absolute Gasteiger partial charge is 0.153 e. The van der Waals surface area contributed by atoms with Crippen LogP contribution in [0.25, 0.3) is 11.0 Å². The van der Waals surface area contributed by atoms with E-state index in [4.69, 9.17) is 10.5 Å². The molecular formula is C11H18IN5OSi. The molecule has 6 nitrogen and oxygen atoms in total. The van der Waals surface area contributed by atoms with Crippen molar-refractivity contribution in [1.82, 2.24) is 19.7 Å². The van der Waals surface area contributed by atoms with Crippen LogP contribution in [0.15, 0.2) is 6.33 Å². The Balaban J connectivity index is 2.09. The molecule has 2 heterocycles. The largest absolute Gasteiger partial charge is 0.382 e. The minimum absolute atomic E-state index is 0.390. The highest BCUT2D eigenvalue weighted by Gasteiger charge is 2.15. The molecule has 19 heavy (non-hydrogen) atoms. The maximum atomic E-state index is 5.88. The monoisotopic (exact) mass is 391 g/mol. The Morgan fingerprint density at radius 3 is 2.79 bits per heavy atom. The number of ether oxygens (including phenoxy) is 1. The highest BCUT2D eigenvalue weighted by atomic mass is 127. The maximum absolute atomic E-state index is 5.88. The minimum Gasteiger partial charge on any atom is -0.382 e. The van der Waals surface area contributed by atoms with Crippen molar-refractivity contribution in [3.05, 3.63) is 10.0 Å². The van der Waals surface area contributed by atoms with E-state index in [0.717, 1.165) is 27.4 Å². The van der Waals surface area contributed by atoms with Crippen LogP contribution in [0.5, 0.6) is 0 Å². The van der Waals surface area contributed by atoms with Crippen molar-refractivity contribution in [3.8, 4) is 0 Å². The van der Waals surface area contributed by atoms with Gasteiger partial charge in [-0.05, 0) is 28.6 Å². The lowest BCUT2D eigenvalue weighted by atomic mass is 10.4. The summed E-state index contributed by atoms with van der Waals surface area (Å²) in [6.07, 6.45) is 1.46. The Bertz CT molecular complexity index is 580. The van der Waals surface area contributed by atoms with Crippen molar-refractivity contribution in [3.63, 3.8) is 0 Å². The quantitative estimate of drug-likeness (QED) is 0.481. The van der Waals surface area contributed by atoms with Crippen molar-refractivity contribution >= 4 is 47.5 Å². The highest BCUT2D eigenvalue weighted by molar-refractivity contribution is 14.1. The molecule has 0 spiro atoms. The van der Waals surface area contributed by atoms with Gasteiger partial charge in [-0.2, -0.15) is 5.10 Å². The average molecular weight is 391 g/mol. The van der Waals surface area contributed by atoms with Gasteiger partial charge in [0.25, 0.3) is 0 Å². The lowest BCUT2D eigenvalue weighted by Crippen LogP contribution is -2.22. The van der Waals surface area contributed by atoms with E-state index < -0.39 is 8.07 Å². The lowest BCUT2D eigenvalue weighted by molar-refractivity contribution is 0.0815. The fourth-order valence-electron chi connectivity index (χ4n) is 1.62. The molecule has 2 aromatic heterocycles. The van der Waals surface area contributed by atoms with Crippen LogP contribution in [-0.2, 0) is 11.5 Å².